The Kier molecular flexibility index (Phi) is 3.85. The highest BCUT2D eigenvalue weighted by Gasteiger charge is 2.20. The van der Waals surface area contributed by atoms with Crippen molar-refractivity contribution in [1.82, 2.24) is 19.3 Å². The van der Waals surface area contributed by atoms with Crippen LogP contribution in [0.4, 0.5) is 5.82 Å². The van der Waals surface area contributed by atoms with Crippen molar-refractivity contribution >= 4 is 33.7 Å². The molecule has 0 radical (unpaired) electrons. The molecule has 0 spiro atoms. The summed E-state index contributed by atoms with van der Waals surface area (Å²) in [6.07, 6.45) is 2.50. The number of anilines is 1. The number of nitrogens with one attached hydrogen (secondary N) is 1. The van der Waals surface area contributed by atoms with Crippen molar-refractivity contribution in [1.29, 1.82) is 0 Å². The molecule has 0 unspecified atom stereocenters. The number of hydrogen-bond donors (Lipinski definition) is 1. The molecular weight excluding hydrogens is 294 g/mol. The molecule has 3 rings (SSSR count). The van der Waals surface area contributed by atoms with Gasteiger partial charge in [-0.2, -0.15) is 5.10 Å². The Balaban J connectivity index is 2.52. The Morgan fingerprint density at radius 2 is 2.13 bits per heavy atom. The summed E-state index contributed by atoms with van der Waals surface area (Å²) < 4.78 is 3.40. The average molecular weight is 313 g/mol. The molecule has 3 aromatic heterocycles. The molecule has 0 atom stereocenters. The molecule has 0 fully saturated rings. The summed E-state index contributed by atoms with van der Waals surface area (Å²) in [6, 6.07) is 3.77. The molecule has 1 N–H and O–H groups in total. The van der Waals surface area contributed by atoms with Gasteiger partial charge in [0.25, 0.3) is 5.56 Å². The number of carbonyl (C=O) groups is 1. The molecule has 3 aromatic rings. The maximum atomic E-state index is 13.0. The minimum Gasteiger partial charge on any atom is -0.309 e. The van der Waals surface area contributed by atoms with Crippen LogP contribution in [0.15, 0.2) is 23.1 Å². The van der Waals surface area contributed by atoms with Gasteiger partial charge in [0.2, 0.25) is 5.91 Å². The summed E-state index contributed by atoms with van der Waals surface area (Å²) in [6.45, 7) is 6.53. The first-order valence-corrected chi connectivity index (χ1v) is 7.74. The second-order valence-electron chi connectivity index (χ2n) is 5.40. The van der Waals surface area contributed by atoms with Crippen LogP contribution in [0.5, 0.6) is 0 Å². The summed E-state index contributed by atoms with van der Waals surface area (Å²) in [5.41, 5.74) is 1.20. The molecule has 0 aliphatic carbocycles. The zero-order chi connectivity index (χ0) is 16.6. The van der Waals surface area contributed by atoms with E-state index in [1.807, 2.05) is 26.0 Å². The fraction of sp³-hybridized carbons (Fsp3) is 0.375. The van der Waals surface area contributed by atoms with Gasteiger partial charge < -0.3 is 5.32 Å². The maximum absolute atomic E-state index is 13.0. The number of amides is 1. The topological polar surface area (TPSA) is 81.8 Å². The van der Waals surface area contributed by atoms with Crippen molar-refractivity contribution in [2.45, 2.75) is 40.3 Å². The van der Waals surface area contributed by atoms with Crippen molar-refractivity contribution in [2.75, 3.05) is 5.32 Å². The van der Waals surface area contributed by atoms with Gasteiger partial charge in [0.05, 0.1) is 5.52 Å². The first-order chi connectivity index (χ1) is 11.1. The van der Waals surface area contributed by atoms with E-state index in [-0.39, 0.29) is 11.5 Å². The number of rotatable bonds is 4. The van der Waals surface area contributed by atoms with Crippen LogP contribution in [0, 0.1) is 0 Å². The van der Waals surface area contributed by atoms with Gasteiger partial charge in [-0.15, -0.1) is 0 Å². The number of aromatic nitrogens is 4. The van der Waals surface area contributed by atoms with Crippen molar-refractivity contribution in [3.63, 3.8) is 0 Å². The average Bonchev–Trinajstić information content (AvgIpc) is 2.89. The first kappa shape index (κ1) is 15.2. The minimum absolute atomic E-state index is 0.170. The van der Waals surface area contributed by atoms with Crippen LogP contribution in [0.25, 0.3) is 21.9 Å². The second kappa shape index (κ2) is 5.83. The first-order valence-electron chi connectivity index (χ1n) is 7.74. The van der Waals surface area contributed by atoms with Crippen LogP contribution in [0.1, 0.15) is 27.2 Å². The molecule has 0 aliphatic rings. The number of hydrogen-bond acceptors (Lipinski definition) is 4. The Bertz CT molecular complexity index is 954. The highest BCUT2D eigenvalue weighted by atomic mass is 16.1. The van der Waals surface area contributed by atoms with E-state index < -0.39 is 0 Å². The number of pyridine rings is 2. The van der Waals surface area contributed by atoms with E-state index in [1.54, 1.807) is 15.4 Å². The van der Waals surface area contributed by atoms with Crippen LogP contribution in [-0.2, 0) is 17.9 Å². The highest BCUT2D eigenvalue weighted by molar-refractivity contribution is 6.08. The lowest BCUT2D eigenvalue weighted by atomic mass is 10.2. The molecule has 0 saturated carbocycles. The number of nitrogens with zero attached hydrogens (tertiary/aromatic N) is 4. The van der Waals surface area contributed by atoms with E-state index >= 15 is 0 Å². The molecule has 0 saturated heterocycles. The third-order valence-electron chi connectivity index (χ3n) is 3.75. The van der Waals surface area contributed by atoms with Gasteiger partial charge in [-0.05, 0) is 25.5 Å². The van der Waals surface area contributed by atoms with Crippen molar-refractivity contribution < 1.29 is 4.79 Å². The molecule has 23 heavy (non-hydrogen) atoms. The molecule has 0 aromatic carbocycles. The number of carbonyl (C=O) groups excluding carboxylic acids is 1. The molecule has 7 heteroatoms. The van der Waals surface area contributed by atoms with E-state index in [0.717, 1.165) is 17.3 Å². The molecule has 3 heterocycles. The SMILES string of the molecule is CCCn1c(=O)c2c(NC(C)=O)nn(CC)c2c2cccnc21. The summed E-state index contributed by atoms with van der Waals surface area (Å²) in [5.74, 6) is 0.0651. The fourth-order valence-electron chi connectivity index (χ4n) is 2.88. The van der Waals surface area contributed by atoms with Gasteiger partial charge in [-0.3, -0.25) is 18.8 Å². The van der Waals surface area contributed by atoms with E-state index in [0.29, 0.717) is 29.9 Å². The lowest BCUT2D eigenvalue weighted by molar-refractivity contribution is -0.114. The monoisotopic (exact) mass is 313 g/mol. The molecule has 7 nitrogen and oxygen atoms in total. The van der Waals surface area contributed by atoms with Gasteiger partial charge in [0.15, 0.2) is 5.82 Å². The Morgan fingerprint density at radius 3 is 2.78 bits per heavy atom. The van der Waals surface area contributed by atoms with E-state index in [2.05, 4.69) is 15.4 Å². The summed E-state index contributed by atoms with van der Waals surface area (Å²) in [7, 11) is 0. The largest absolute Gasteiger partial charge is 0.309 e. The van der Waals surface area contributed by atoms with Crippen LogP contribution in [0.2, 0.25) is 0 Å². The number of aryl methyl sites for hydroxylation is 2. The van der Waals surface area contributed by atoms with Gasteiger partial charge in [-0.1, -0.05) is 6.92 Å². The van der Waals surface area contributed by atoms with E-state index in [1.165, 1.54) is 6.92 Å². The lowest BCUT2D eigenvalue weighted by Gasteiger charge is -2.10. The minimum atomic E-state index is -0.250. The van der Waals surface area contributed by atoms with E-state index in [4.69, 9.17) is 0 Å². The van der Waals surface area contributed by atoms with Gasteiger partial charge in [-0.25, -0.2) is 4.98 Å². The molecule has 0 bridgehead atoms. The molecular formula is C16H19N5O2. The van der Waals surface area contributed by atoms with Crippen molar-refractivity contribution in [2.24, 2.45) is 0 Å². The Morgan fingerprint density at radius 1 is 1.35 bits per heavy atom. The zero-order valence-corrected chi connectivity index (χ0v) is 13.5. The van der Waals surface area contributed by atoms with Crippen LogP contribution < -0.4 is 10.9 Å². The summed E-state index contributed by atoms with van der Waals surface area (Å²) in [4.78, 5) is 28.8. The molecule has 1 amide bonds. The van der Waals surface area contributed by atoms with Crippen LogP contribution in [0.3, 0.4) is 0 Å². The van der Waals surface area contributed by atoms with Gasteiger partial charge in [0, 0.05) is 31.6 Å². The zero-order valence-electron chi connectivity index (χ0n) is 13.5. The van der Waals surface area contributed by atoms with Crippen LogP contribution >= 0.6 is 0 Å². The lowest BCUT2D eigenvalue weighted by Crippen LogP contribution is -2.22. The van der Waals surface area contributed by atoms with E-state index in [9.17, 15) is 9.59 Å². The third kappa shape index (κ3) is 2.38. The third-order valence-corrected chi connectivity index (χ3v) is 3.75. The fourth-order valence-corrected chi connectivity index (χ4v) is 2.88. The molecule has 120 valence electrons. The highest BCUT2D eigenvalue weighted by Crippen LogP contribution is 2.26. The maximum Gasteiger partial charge on any atom is 0.265 e. The summed E-state index contributed by atoms with van der Waals surface area (Å²) in [5, 5.41) is 8.38. The van der Waals surface area contributed by atoms with Crippen LogP contribution in [-0.4, -0.2) is 25.2 Å². The molecule has 0 aliphatic heterocycles. The quantitative estimate of drug-likeness (QED) is 0.800. The number of fused-ring (bicyclic) bond motifs is 3. The smallest absolute Gasteiger partial charge is 0.265 e. The predicted molar refractivity (Wildman–Crippen MR) is 89.6 cm³/mol. The van der Waals surface area contributed by atoms with Crippen molar-refractivity contribution in [3.05, 3.63) is 28.7 Å². The van der Waals surface area contributed by atoms with Gasteiger partial charge >= 0.3 is 0 Å². The second-order valence-corrected chi connectivity index (χ2v) is 5.40. The predicted octanol–water partition coefficient (Wildman–Crippen LogP) is 2.13. The Hall–Kier alpha value is -2.70. The standard InChI is InChI=1S/C16H19N5O2/c1-4-9-20-15-11(7-6-8-17-15)13-12(16(20)23)14(18-10(3)22)19-21(13)5-2/h6-8H,4-5,9H2,1-3H3,(H,18,19,22). The normalized spacial score (nSPS) is 11.3. The van der Waals surface area contributed by atoms with Gasteiger partial charge in [0.1, 0.15) is 11.0 Å². The van der Waals surface area contributed by atoms with Crippen molar-refractivity contribution in [3.8, 4) is 0 Å². The summed E-state index contributed by atoms with van der Waals surface area (Å²) >= 11 is 0. The Labute approximate surface area is 132 Å².